The molecule has 1 fully saturated rings. The molecule has 0 amide bonds. The van der Waals surface area contributed by atoms with Crippen molar-refractivity contribution in [3.63, 3.8) is 0 Å². The van der Waals surface area contributed by atoms with Crippen molar-refractivity contribution in [1.29, 1.82) is 0 Å². The van der Waals surface area contributed by atoms with Crippen molar-refractivity contribution < 1.29 is 0 Å². The lowest BCUT2D eigenvalue weighted by Crippen LogP contribution is -2.10. The largest absolute Gasteiger partial charge is 0.383 e. The Hall–Kier alpha value is -0.770. The van der Waals surface area contributed by atoms with E-state index in [0.717, 1.165) is 23.0 Å². The molecule has 3 N–H and O–H groups in total. The molecular weight excluding hydrogens is 194 g/mol. The van der Waals surface area contributed by atoms with Gasteiger partial charge in [0.1, 0.15) is 10.8 Å². The highest BCUT2D eigenvalue weighted by atomic mass is 32.1. The molecular formula is C10H17N3S. The van der Waals surface area contributed by atoms with Gasteiger partial charge < -0.3 is 11.1 Å². The van der Waals surface area contributed by atoms with Crippen LogP contribution in [0.15, 0.2) is 0 Å². The number of anilines is 2. The molecule has 0 saturated heterocycles. The molecule has 0 atom stereocenters. The zero-order valence-electron chi connectivity index (χ0n) is 8.55. The second-order valence-electron chi connectivity index (χ2n) is 4.05. The molecule has 0 radical (unpaired) electrons. The van der Waals surface area contributed by atoms with E-state index in [1.165, 1.54) is 37.2 Å². The van der Waals surface area contributed by atoms with Crippen LogP contribution >= 0.6 is 11.5 Å². The monoisotopic (exact) mass is 211 g/mol. The van der Waals surface area contributed by atoms with Crippen LogP contribution in [0.2, 0.25) is 0 Å². The number of aromatic nitrogens is 1. The fourth-order valence-corrected chi connectivity index (χ4v) is 2.68. The lowest BCUT2D eigenvalue weighted by molar-refractivity contribution is 0.580. The summed E-state index contributed by atoms with van der Waals surface area (Å²) in [7, 11) is 0. The van der Waals surface area contributed by atoms with E-state index in [1.54, 1.807) is 0 Å². The van der Waals surface area contributed by atoms with Crippen molar-refractivity contribution in [2.45, 2.75) is 32.6 Å². The number of hydrogen-bond acceptors (Lipinski definition) is 4. The van der Waals surface area contributed by atoms with Gasteiger partial charge in [-0.2, -0.15) is 4.37 Å². The normalized spacial score (nSPS) is 17.5. The smallest absolute Gasteiger partial charge is 0.142 e. The SMILES string of the molecule is Cc1c(N)nsc1NCC1CCCC1. The summed E-state index contributed by atoms with van der Waals surface area (Å²) in [5.74, 6) is 1.53. The first kappa shape index (κ1) is 9.77. The molecule has 4 heteroatoms. The predicted molar refractivity (Wildman–Crippen MR) is 61.7 cm³/mol. The van der Waals surface area contributed by atoms with Crippen LogP contribution in [0.3, 0.4) is 0 Å². The Bertz CT molecular complexity index is 302. The van der Waals surface area contributed by atoms with Gasteiger partial charge in [-0.05, 0) is 37.2 Å². The van der Waals surface area contributed by atoms with E-state index >= 15 is 0 Å². The summed E-state index contributed by atoms with van der Waals surface area (Å²) in [5.41, 5.74) is 6.79. The second-order valence-corrected chi connectivity index (χ2v) is 4.83. The quantitative estimate of drug-likeness (QED) is 0.808. The average molecular weight is 211 g/mol. The molecule has 1 aliphatic rings. The molecule has 78 valence electrons. The lowest BCUT2D eigenvalue weighted by Gasteiger charge is -2.10. The Morgan fingerprint density at radius 2 is 2.21 bits per heavy atom. The van der Waals surface area contributed by atoms with Gasteiger partial charge in [0.15, 0.2) is 0 Å². The Labute approximate surface area is 88.9 Å². The van der Waals surface area contributed by atoms with Crippen LogP contribution < -0.4 is 11.1 Å². The molecule has 1 aliphatic carbocycles. The molecule has 3 nitrogen and oxygen atoms in total. The van der Waals surface area contributed by atoms with Crippen molar-refractivity contribution in [3.8, 4) is 0 Å². The minimum absolute atomic E-state index is 0.670. The van der Waals surface area contributed by atoms with E-state index in [0.29, 0.717) is 5.82 Å². The summed E-state index contributed by atoms with van der Waals surface area (Å²) in [6.07, 6.45) is 5.55. The van der Waals surface area contributed by atoms with Crippen LogP contribution in [0.1, 0.15) is 31.2 Å². The van der Waals surface area contributed by atoms with E-state index in [4.69, 9.17) is 5.73 Å². The summed E-state index contributed by atoms with van der Waals surface area (Å²) in [5, 5.41) is 4.60. The van der Waals surface area contributed by atoms with Gasteiger partial charge in [-0.15, -0.1) is 0 Å². The third kappa shape index (κ3) is 2.00. The standard InChI is InChI=1S/C10H17N3S/c1-7-9(11)13-14-10(7)12-6-8-4-2-3-5-8/h8,12H,2-6H2,1H3,(H2,11,13). The zero-order valence-corrected chi connectivity index (χ0v) is 9.36. The van der Waals surface area contributed by atoms with Gasteiger partial charge in [0.05, 0.1) is 0 Å². The lowest BCUT2D eigenvalue weighted by atomic mass is 10.1. The van der Waals surface area contributed by atoms with Crippen LogP contribution in [0, 0.1) is 12.8 Å². The number of nitrogens with one attached hydrogen (secondary N) is 1. The Balaban J connectivity index is 1.88. The topological polar surface area (TPSA) is 50.9 Å². The first-order valence-corrected chi connectivity index (χ1v) is 6.00. The molecule has 0 unspecified atom stereocenters. The number of nitrogen functional groups attached to an aromatic ring is 1. The maximum Gasteiger partial charge on any atom is 0.142 e. The van der Waals surface area contributed by atoms with Gasteiger partial charge in [-0.25, -0.2) is 0 Å². The van der Waals surface area contributed by atoms with E-state index < -0.39 is 0 Å². The molecule has 0 spiro atoms. The van der Waals surface area contributed by atoms with Gasteiger partial charge >= 0.3 is 0 Å². The summed E-state index contributed by atoms with van der Waals surface area (Å²) in [6, 6.07) is 0. The fraction of sp³-hybridized carbons (Fsp3) is 0.700. The number of nitrogens with two attached hydrogens (primary N) is 1. The summed E-state index contributed by atoms with van der Waals surface area (Å²) >= 11 is 1.47. The fourth-order valence-electron chi connectivity index (χ4n) is 1.96. The summed E-state index contributed by atoms with van der Waals surface area (Å²) in [4.78, 5) is 0. The summed E-state index contributed by atoms with van der Waals surface area (Å²) < 4.78 is 4.12. The van der Waals surface area contributed by atoms with Gasteiger partial charge in [-0.3, -0.25) is 0 Å². The molecule has 2 rings (SSSR count). The van der Waals surface area contributed by atoms with Gasteiger partial charge in [0, 0.05) is 12.1 Å². The highest BCUT2D eigenvalue weighted by Gasteiger charge is 2.15. The van der Waals surface area contributed by atoms with Crippen molar-refractivity contribution in [1.82, 2.24) is 4.37 Å². The first-order valence-electron chi connectivity index (χ1n) is 5.23. The van der Waals surface area contributed by atoms with Crippen molar-refractivity contribution in [2.75, 3.05) is 17.6 Å². The molecule has 14 heavy (non-hydrogen) atoms. The van der Waals surface area contributed by atoms with E-state index in [1.807, 2.05) is 6.92 Å². The Kier molecular flexibility index (Phi) is 2.91. The minimum Gasteiger partial charge on any atom is -0.383 e. The van der Waals surface area contributed by atoms with Crippen molar-refractivity contribution in [2.24, 2.45) is 5.92 Å². The average Bonchev–Trinajstić information content (AvgIpc) is 2.77. The van der Waals surface area contributed by atoms with Gasteiger partial charge in [0.25, 0.3) is 0 Å². The predicted octanol–water partition coefficient (Wildman–Crippen LogP) is 2.64. The molecule has 1 aromatic heterocycles. The second kappa shape index (κ2) is 4.17. The van der Waals surface area contributed by atoms with E-state index in [-0.39, 0.29) is 0 Å². The van der Waals surface area contributed by atoms with Crippen LogP contribution in [-0.2, 0) is 0 Å². The highest BCUT2D eigenvalue weighted by molar-refractivity contribution is 7.10. The van der Waals surface area contributed by atoms with Crippen LogP contribution in [0.25, 0.3) is 0 Å². The van der Waals surface area contributed by atoms with Crippen molar-refractivity contribution in [3.05, 3.63) is 5.56 Å². The Morgan fingerprint density at radius 3 is 2.79 bits per heavy atom. The maximum atomic E-state index is 5.68. The van der Waals surface area contributed by atoms with Crippen LogP contribution in [0.5, 0.6) is 0 Å². The third-order valence-electron chi connectivity index (χ3n) is 2.99. The minimum atomic E-state index is 0.670. The molecule has 1 saturated carbocycles. The molecule has 1 heterocycles. The maximum absolute atomic E-state index is 5.68. The zero-order chi connectivity index (χ0) is 9.97. The molecule has 0 aliphatic heterocycles. The molecule has 1 aromatic rings. The van der Waals surface area contributed by atoms with Crippen LogP contribution in [-0.4, -0.2) is 10.9 Å². The number of hydrogen-bond donors (Lipinski definition) is 2. The summed E-state index contributed by atoms with van der Waals surface area (Å²) in [6.45, 7) is 3.11. The van der Waals surface area contributed by atoms with Gasteiger partial charge in [0.2, 0.25) is 0 Å². The highest BCUT2D eigenvalue weighted by Crippen LogP contribution is 2.28. The number of nitrogens with zero attached hydrogens (tertiary/aromatic N) is 1. The van der Waals surface area contributed by atoms with E-state index in [9.17, 15) is 0 Å². The third-order valence-corrected chi connectivity index (χ3v) is 3.91. The number of rotatable bonds is 3. The van der Waals surface area contributed by atoms with Crippen LogP contribution in [0.4, 0.5) is 10.8 Å². The molecule has 0 aromatic carbocycles. The van der Waals surface area contributed by atoms with E-state index in [2.05, 4.69) is 9.69 Å². The molecule has 0 bridgehead atoms. The van der Waals surface area contributed by atoms with Gasteiger partial charge in [-0.1, -0.05) is 12.8 Å². The van der Waals surface area contributed by atoms with Crippen molar-refractivity contribution >= 4 is 22.4 Å². The Morgan fingerprint density at radius 1 is 1.50 bits per heavy atom. The first-order chi connectivity index (χ1) is 6.77.